The topological polar surface area (TPSA) is 67.8 Å². The summed E-state index contributed by atoms with van der Waals surface area (Å²) < 4.78 is 46.9. The number of alkyl halides is 3. The maximum atomic E-state index is 12.2. The molecule has 9 heteroatoms. The Labute approximate surface area is 157 Å². The second kappa shape index (κ2) is 11.0. The van der Waals surface area contributed by atoms with Crippen LogP contribution in [0.3, 0.4) is 0 Å². The van der Waals surface area contributed by atoms with E-state index in [9.17, 15) is 13.2 Å². The lowest BCUT2D eigenvalue weighted by atomic mass is 10.3. The van der Waals surface area contributed by atoms with Gasteiger partial charge in [-0.1, -0.05) is 0 Å². The molecule has 2 N–H and O–H groups in total. The quantitative estimate of drug-likeness (QED) is 0.347. The van der Waals surface area contributed by atoms with Gasteiger partial charge in [-0.3, -0.25) is 0 Å². The van der Waals surface area contributed by atoms with Gasteiger partial charge in [-0.05, 0) is 43.7 Å². The Morgan fingerprint density at radius 3 is 2.85 bits per heavy atom. The third-order valence-corrected chi connectivity index (χ3v) is 3.76. The molecule has 1 aromatic heterocycles. The SMILES string of the molecule is CCNC(=NCc1ccnc(OCC(F)(F)F)c1)NCCCOCC1CC1. The molecule has 152 valence electrons. The zero-order chi connectivity index (χ0) is 19.5. The second-order valence-electron chi connectivity index (χ2n) is 6.40. The van der Waals surface area contributed by atoms with E-state index in [4.69, 9.17) is 4.74 Å². The lowest BCUT2D eigenvalue weighted by Crippen LogP contribution is -2.38. The molecule has 27 heavy (non-hydrogen) atoms. The number of aromatic nitrogens is 1. The van der Waals surface area contributed by atoms with Crippen LogP contribution in [0.4, 0.5) is 13.2 Å². The minimum atomic E-state index is -4.39. The molecular weight excluding hydrogens is 361 g/mol. The molecule has 0 spiro atoms. The number of hydrogen-bond acceptors (Lipinski definition) is 4. The van der Waals surface area contributed by atoms with Crippen molar-refractivity contribution >= 4 is 5.96 Å². The first kappa shape index (κ1) is 21.3. The highest BCUT2D eigenvalue weighted by atomic mass is 19.4. The van der Waals surface area contributed by atoms with Crippen LogP contribution in [0.5, 0.6) is 5.88 Å². The van der Waals surface area contributed by atoms with Gasteiger partial charge in [0, 0.05) is 38.6 Å². The Balaban J connectivity index is 1.75. The maximum Gasteiger partial charge on any atom is 0.422 e. The van der Waals surface area contributed by atoms with Gasteiger partial charge >= 0.3 is 6.18 Å². The summed E-state index contributed by atoms with van der Waals surface area (Å²) in [6.45, 7) is 3.92. The van der Waals surface area contributed by atoms with Gasteiger partial charge in [0.15, 0.2) is 12.6 Å². The van der Waals surface area contributed by atoms with Crippen molar-refractivity contribution in [3.05, 3.63) is 23.9 Å². The molecule has 0 unspecified atom stereocenters. The number of nitrogens with one attached hydrogen (secondary N) is 2. The van der Waals surface area contributed by atoms with Crippen molar-refractivity contribution in [1.82, 2.24) is 15.6 Å². The van der Waals surface area contributed by atoms with Crippen molar-refractivity contribution < 1.29 is 22.6 Å². The summed E-state index contributed by atoms with van der Waals surface area (Å²) in [7, 11) is 0. The van der Waals surface area contributed by atoms with E-state index in [0.29, 0.717) is 31.2 Å². The van der Waals surface area contributed by atoms with E-state index < -0.39 is 12.8 Å². The molecule has 0 radical (unpaired) electrons. The Hall–Kier alpha value is -2.03. The third-order valence-electron chi connectivity index (χ3n) is 3.76. The molecule has 1 aliphatic carbocycles. The van der Waals surface area contributed by atoms with Gasteiger partial charge < -0.3 is 20.1 Å². The minimum Gasteiger partial charge on any atom is -0.468 e. The Kier molecular flexibility index (Phi) is 8.63. The van der Waals surface area contributed by atoms with Crippen LogP contribution in [-0.4, -0.2) is 50.0 Å². The molecule has 6 nitrogen and oxygen atoms in total. The standard InChI is InChI=1S/C18H27F3N4O2/c1-2-22-17(24-7-3-9-26-12-14-4-5-14)25-11-15-6-8-23-16(10-15)27-13-18(19,20)21/h6,8,10,14H,2-5,7,9,11-13H2,1H3,(H2,22,24,25). The molecule has 1 aliphatic rings. The molecule has 0 bridgehead atoms. The van der Waals surface area contributed by atoms with Gasteiger partial charge in [-0.25, -0.2) is 9.98 Å². The van der Waals surface area contributed by atoms with Crippen LogP contribution >= 0.6 is 0 Å². The van der Waals surface area contributed by atoms with Crippen molar-refractivity contribution in [1.29, 1.82) is 0 Å². The van der Waals surface area contributed by atoms with Crippen molar-refractivity contribution in [2.45, 2.75) is 38.9 Å². The molecule has 2 rings (SSSR count). The highest BCUT2D eigenvalue weighted by Gasteiger charge is 2.28. The van der Waals surface area contributed by atoms with E-state index in [1.54, 1.807) is 6.07 Å². The molecule has 1 aromatic rings. The minimum absolute atomic E-state index is 0.0641. The van der Waals surface area contributed by atoms with Gasteiger partial charge in [-0.2, -0.15) is 13.2 Å². The fourth-order valence-corrected chi connectivity index (χ4v) is 2.21. The van der Waals surface area contributed by atoms with Gasteiger partial charge in [0.25, 0.3) is 0 Å². The van der Waals surface area contributed by atoms with E-state index in [-0.39, 0.29) is 5.88 Å². The molecule has 0 saturated heterocycles. The molecule has 0 aliphatic heterocycles. The summed E-state index contributed by atoms with van der Waals surface area (Å²) in [6.07, 6.45) is 0.469. The van der Waals surface area contributed by atoms with Crippen LogP contribution in [0.25, 0.3) is 0 Å². The molecule has 1 heterocycles. The smallest absolute Gasteiger partial charge is 0.422 e. The monoisotopic (exact) mass is 388 g/mol. The molecule has 0 aromatic carbocycles. The summed E-state index contributed by atoms with van der Waals surface area (Å²) in [5.41, 5.74) is 0.715. The first-order valence-electron chi connectivity index (χ1n) is 9.20. The summed E-state index contributed by atoms with van der Waals surface area (Å²) in [4.78, 5) is 8.22. The molecule has 1 saturated carbocycles. The zero-order valence-corrected chi connectivity index (χ0v) is 15.5. The Morgan fingerprint density at radius 1 is 1.33 bits per heavy atom. The number of rotatable bonds is 11. The second-order valence-corrected chi connectivity index (χ2v) is 6.40. The zero-order valence-electron chi connectivity index (χ0n) is 15.5. The summed E-state index contributed by atoms with van der Waals surface area (Å²) in [6, 6.07) is 3.16. The van der Waals surface area contributed by atoms with Gasteiger partial charge in [0.2, 0.25) is 5.88 Å². The normalized spacial score (nSPS) is 14.9. The van der Waals surface area contributed by atoms with E-state index >= 15 is 0 Å². The number of aliphatic imine (C=N–C) groups is 1. The summed E-state index contributed by atoms with van der Waals surface area (Å²) in [5, 5.41) is 6.35. The molecule has 0 amide bonds. The first-order chi connectivity index (χ1) is 13.0. The summed E-state index contributed by atoms with van der Waals surface area (Å²) in [5.74, 6) is 1.35. The number of pyridine rings is 1. The predicted molar refractivity (Wildman–Crippen MR) is 96.8 cm³/mol. The Morgan fingerprint density at radius 2 is 2.15 bits per heavy atom. The maximum absolute atomic E-state index is 12.2. The van der Waals surface area contributed by atoms with Crippen molar-refractivity contribution in [2.24, 2.45) is 10.9 Å². The van der Waals surface area contributed by atoms with Crippen LogP contribution in [0, 0.1) is 5.92 Å². The average Bonchev–Trinajstić information content (AvgIpc) is 3.45. The first-order valence-corrected chi connectivity index (χ1v) is 9.20. The summed E-state index contributed by atoms with van der Waals surface area (Å²) >= 11 is 0. The van der Waals surface area contributed by atoms with Crippen molar-refractivity contribution in [2.75, 3.05) is 32.9 Å². The lowest BCUT2D eigenvalue weighted by Gasteiger charge is -2.12. The van der Waals surface area contributed by atoms with E-state index in [1.807, 2.05) is 6.92 Å². The van der Waals surface area contributed by atoms with Crippen molar-refractivity contribution in [3.8, 4) is 5.88 Å². The molecular formula is C18H27F3N4O2. The van der Waals surface area contributed by atoms with Gasteiger partial charge in [0.05, 0.1) is 6.54 Å². The number of halogens is 3. The van der Waals surface area contributed by atoms with E-state index in [0.717, 1.165) is 25.5 Å². The van der Waals surface area contributed by atoms with Gasteiger partial charge in [0.1, 0.15) is 0 Å². The van der Waals surface area contributed by atoms with Gasteiger partial charge in [-0.15, -0.1) is 0 Å². The van der Waals surface area contributed by atoms with Crippen LogP contribution < -0.4 is 15.4 Å². The molecule has 0 atom stereocenters. The third kappa shape index (κ3) is 10.0. The average molecular weight is 388 g/mol. The Bertz CT molecular complexity index is 592. The van der Waals surface area contributed by atoms with Crippen LogP contribution in [0.2, 0.25) is 0 Å². The highest BCUT2D eigenvalue weighted by Crippen LogP contribution is 2.28. The fourth-order valence-electron chi connectivity index (χ4n) is 2.21. The predicted octanol–water partition coefficient (Wildman–Crippen LogP) is 2.89. The van der Waals surface area contributed by atoms with Crippen LogP contribution in [-0.2, 0) is 11.3 Å². The van der Waals surface area contributed by atoms with Crippen molar-refractivity contribution in [3.63, 3.8) is 0 Å². The highest BCUT2D eigenvalue weighted by molar-refractivity contribution is 5.79. The largest absolute Gasteiger partial charge is 0.468 e. The van der Waals surface area contributed by atoms with E-state index in [2.05, 4.69) is 25.3 Å². The fraction of sp³-hybridized carbons (Fsp3) is 0.667. The lowest BCUT2D eigenvalue weighted by molar-refractivity contribution is -0.154. The molecule has 1 fully saturated rings. The van der Waals surface area contributed by atoms with Crippen LogP contribution in [0.15, 0.2) is 23.3 Å². The van der Waals surface area contributed by atoms with Crippen LogP contribution in [0.1, 0.15) is 31.7 Å². The number of ether oxygens (including phenoxy) is 2. The number of nitrogens with zero attached hydrogens (tertiary/aromatic N) is 2. The van der Waals surface area contributed by atoms with E-state index in [1.165, 1.54) is 25.1 Å². The number of guanidine groups is 1. The number of hydrogen-bond donors (Lipinski definition) is 2.